The average molecular weight is 431 g/mol. The van der Waals surface area contributed by atoms with Crippen molar-refractivity contribution in [2.75, 3.05) is 41.8 Å². The highest BCUT2D eigenvalue weighted by molar-refractivity contribution is 5.68. The van der Waals surface area contributed by atoms with Crippen LogP contribution < -0.4 is 15.5 Å². The van der Waals surface area contributed by atoms with Gasteiger partial charge in [-0.3, -0.25) is 4.98 Å². The van der Waals surface area contributed by atoms with Gasteiger partial charge in [0.1, 0.15) is 5.82 Å². The van der Waals surface area contributed by atoms with Gasteiger partial charge >= 0.3 is 0 Å². The summed E-state index contributed by atoms with van der Waals surface area (Å²) in [7, 11) is 0. The Balaban J connectivity index is 1.37. The van der Waals surface area contributed by atoms with Gasteiger partial charge in [-0.15, -0.1) is 0 Å². The average Bonchev–Trinajstić information content (AvgIpc) is 2.86. The molecular formula is C25H30N6O. The molecule has 1 saturated heterocycles. The Bertz CT molecular complexity index is 999. The molecule has 32 heavy (non-hydrogen) atoms. The van der Waals surface area contributed by atoms with Crippen molar-refractivity contribution >= 4 is 23.1 Å². The second kappa shape index (κ2) is 9.96. The first-order valence-electron chi connectivity index (χ1n) is 11.6. The van der Waals surface area contributed by atoms with Gasteiger partial charge in [0.15, 0.2) is 0 Å². The molecule has 1 saturated carbocycles. The zero-order chi connectivity index (χ0) is 21.6. The molecule has 3 aromatic rings. The Hall–Kier alpha value is -3.19. The lowest BCUT2D eigenvalue weighted by Gasteiger charge is -2.29. The first-order valence-corrected chi connectivity index (χ1v) is 11.6. The molecule has 1 aromatic carbocycles. The molecule has 0 unspecified atom stereocenters. The smallest absolute Gasteiger partial charge is 0.225 e. The molecule has 2 fully saturated rings. The van der Waals surface area contributed by atoms with Crippen LogP contribution in [0.5, 0.6) is 0 Å². The fraction of sp³-hybridized carbons (Fsp3) is 0.400. The predicted molar refractivity (Wildman–Crippen MR) is 129 cm³/mol. The van der Waals surface area contributed by atoms with Crippen molar-refractivity contribution in [3.8, 4) is 11.3 Å². The van der Waals surface area contributed by atoms with Crippen molar-refractivity contribution in [1.82, 2.24) is 15.0 Å². The minimum absolute atomic E-state index is 0.442. The van der Waals surface area contributed by atoms with E-state index in [2.05, 4.69) is 44.8 Å². The second-order valence-corrected chi connectivity index (χ2v) is 8.45. The van der Waals surface area contributed by atoms with Gasteiger partial charge in [-0.25, -0.2) is 4.98 Å². The highest BCUT2D eigenvalue weighted by Gasteiger charge is 2.16. The second-order valence-electron chi connectivity index (χ2n) is 8.45. The molecule has 0 atom stereocenters. The van der Waals surface area contributed by atoms with Gasteiger partial charge < -0.3 is 20.3 Å². The molecule has 5 rings (SSSR count). The lowest BCUT2D eigenvalue weighted by Crippen LogP contribution is -2.36. The standard InChI is InChI=1S/C25H30N6O/c1-2-4-20(5-3-1)28-25-29-23(19-10-12-26-13-11-19)18-24(30-25)27-21-6-8-22(9-7-21)31-14-16-32-17-15-31/h6-13,18,20H,1-5,14-17H2,(H2,27,28,29,30). The highest BCUT2D eigenvalue weighted by atomic mass is 16.5. The fourth-order valence-corrected chi connectivity index (χ4v) is 4.40. The Morgan fingerprint density at radius 1 is 0.875 bits per heavy atom. The zero-order valence-corrected chi connectivity index (χ0v) is 18.3. The highest BCUT2D eigenvalue weighted by Crippen LogP contribution is 2.27. The van der Waals surface area contributed by atoms with Gasteiger partial charge in [0, 0.05) is 54.5 Å². The molecule has 3 heterocycles. The Morgan fingerprint density at radius 2 is 1.62 bits per heavy atom. The maximum Gasteiger partial charge on any atom is 0.225 e. The van der Waals surface area contributed by atoms with E-state index >= 15 is 0 Å². The van der Waals surface area contributed by atoms with Crippen LogP contribution in [0.25, 0.3) is 11.3 Å². The van der Waals surface area contributed by atoms with E-state index in [9.17, 15) is 0 Å². The minimum atomic E-state index is 0.442. The topological polar surface area (TPSA) is 75.2 Å². The van der Waals surface area contributed by atoms with E-state index in [1.165, 1.54) is 37.8 Å². The number of nitrogens with one attached hydrogen (secondary N) is 2. The number of pyridine rings is 1. The molecule has 2 aliphatic rings. The summed E-state index contributed by atoms with van der Waals surface area (Å²) in [6.07, 6.45) is 9.80. The number of anilines is 4. The van der Waals surface area contributed by atoms with Crippen molar-refractivity contribution in [1.29, 1.82) is 0 Å². The van der Waals surface area contributed by atoms with Gasteiger partial charge in [-0.2, -0.15) is 4.98 Å². The van der Waals surface area contributed by atoms with Crippen LogP contribution >= 0.6 is 0 Å². The summed E-state index contributed by atoms with van der Waals surface area (Å²) in [4.78, 5) is 16.1. The summed E-state index contributed by atoms with van der Waals surface area (Å²) >= 11 is 0. The number of hydrogen-bond donors (Lipinski definition) is 2. The van der Waals surface area contributed by atoms with Gasteiger partial charge in [0.2, 0.25) is 5.95 Å². The molecule has 7 nitrogen and oxygen atoms in total. The monoisotopic (exact) mass is 430 g/mol. The third-order valence-electron chi connectivity index (χ3n) is 6.16. The van der Waals surface area contributed by atoms with Crippen LogP contribution in [-0.4, -0.2) is 47.3 Å². The summed E-state index contributed by atoms with van der Waals surface area (Å²) in [5.74, 6) is 1.46. The van der Waals surface area contributed by atoms with E-state index in [4.69, 9.17) is 14.7 Å². The summed E-state index contributed by atoms with van der Waals surface area (Å²) in [6.45, 7) is 3.44. The maximum atomic E-state index is 5.46. The molecular weight excluding hydrogens is 400 g/mol. The molecule has 1 aliphatic heterocycles. The lowest BCUT2D eigenvalue weighted by atomic mass is 9.96. The first kappa shape index (κ1) is 20.7. The lowest BCUT2D eigenvalue weighted by molar-refractivity contribution is 0.122. The number of hydrogen-bond acceptors (Lipinski definition) is 7. The van der Waals surface area contributed by atoms with E-state index < -0.39 is 0 Å². The molecule has 2 N–H and O–H groups in total. The minimum Gasteiger partial charge on any atom is -0.378 e. The molecule has 2 aromatic heterocycles. The van der Waals surface area contributed by atoms with Crippen LogP contribution in [0.4, 0.5) is 23.1 Å². The van der Waals surface area contributed by atoms with E-state index in [1.54, 1.807) is 12.4 Å². The molecule has 0 radical (unpaired) electrons. The molecule has 1 aliphatic carbocycles. The number of rotatable bonds is 6. The largest absolute Gasteiger partial charge is 0.378 e. The Morgan fingerprint density at radius 3 is 2.38 bits per heavy atom. The summed E-state index contributed by atoms with van der Waals surface area (Å²) in [5.41, 5.74) is 4.14. The molecule has 0 bridgehead atoms. The van der Waals surface area contributed by atoms with Crippen molar-refractivity contribution in [2.24, 2.45) is 0 Å². The van der Waals surface area contributed by atoms with Crippen LogP contribution in [0.15, 0.2) is 54.9 Å². The van der Waals surface area contributed by atoms with Crippen LogP contribution in [0.1, 0.15) is 32.1 Å². The third-order valence-corrected chi connectivity index (χ3v) is 6.16. The Kier molecular flexibility index (Phi) is 6.44. The van der Waals surface area contributed by atoms with Crippen LogP contribution in [0.3, 0.4) is 0 Å². The van der Waals surface area contributed by atoms with E-state index in [1.807, 2.05) is 18.2 Å². The molecule has 166 valence electrons. The van der Waals surface area contributed by atoms with Crippen molar-refractivity contribution in [3.63, 3.8) is 0 Å². The van der Waals surface area contributed by atoms with Gasteiger partial charge in [0.25, 0.3) is 0 Å². The number of aromatic nitrogens is 3. The van der Waals surface area contributed by atoms with Crippen molar-refractivity contribution in [2.45, 2.75) is 38.1 Å². The number of benzene rings is 1. The predicted octanol–water partition coefficient (Wildman–Crippen LogP) is 4.86. The maximum absolute atomic E-state index is 5.46. The number of nitrogens with zero attached hydrogens (tertiary/aromatic N) is 4. The molecule has 0 amide bonds. The van der Waals surface area contributed by atoms with E-state index in [0.29, 0.717) is 12.0 Å². The fourth-order valence-electron chi connectivity index (χ4n) is 4.40. The molecule has 0 spiro atoms. The van der Waals surface area contributed by atoms with Crippen LogP contribution in [-0.2, 0) is 4.74 Å². The van der Waals surface area contributed by atoms with Gasteiger partial charge in [-0.05, 0) is 49.2 Å². The quantitative estimate of drug-likeness (QED) is 0.578. The van der Waals surface area contributed by atoms with Crippen LogP contribution in [0, 0.1) is 0 Å². The Labute approximate surface area is 189 Å². The summed E-state index contributed by atoms with van der Waals surface area (Å²) in [5, 5.41) is 7.04. The third kappa shape index (κ3) is 5.16. The van der Waals surface area contributed by atoms with Gasteiger partial charge in [-0.1, -0.05) is 19.3 Å². The zero-order valence-electron chi connectivity index (χ0n) is 18.3. The summed E-state index contributed by atoms with van der Waals surface area (Å²) < 4.78 is 5.46. The van der Waals surface area contributed by atoms with Crippen molar-refractivity contribution in [3.05, 3.63) is 54.9 Å². The summed E-state index contributed by atoms with van der Waals surface area (Å²) in [6, 6.07) is 14.9. The normalized spacial score (nSPS) is 17.2. The van der Waals surface area contributed by atoms with E-state index in [-0.39, 0.29) is 0 Å². The van der Waals surface area contributed by atoms with Crippen molar-refractivity contribution < 1.29 is 4.74 Å². The SMILES string of the molecule is c1cc(-c2cc(Nc3ccc(N4CCOCC4)cc3)nc(NC3CCCCC3)n2)ccn1. The molecule has 7 heteroatoms. The van der Waals surface area contributed by atoms with Crippen LogP contribution in [0.2, 0.25) is 0 Å². The number of ether oxygens (including phenoxy) is 1. The van der Waals surface area contributed by atoms with E-state index in [0.717, 1.165) is 49.1 Å². The van der Waals surface area contributed by atoms with Gasteiger partial charge in [0.05, 0.1) is 18.9 Å². The number of morpholine rings is 1. The first-order chi connectivity index (χ1) is 15.8.